The zero-order valence-electron chi connectivity index (χ0n) is 11.4. The van der Waals surface area contributed by atoms with E-state index in [1.165, 1.54) is 28.5 Å². The van der Waals surface area contributed by atoms with Crippen LogP contribution in [0.2, 0.25) is 0 Å². The van der Waals surface area contributed by atoms with Gasteiger partial charge in [0.2, 0.25) is 0 Å². The number of ether oxygens (including phenoxy) is 1. The van der Waals surface area contributed by atoms with Crippen molar-refractivity contribution in [2.24, 2.45) is 0 Å². The normalized spacial score (nSPS) is 21.0. The van der Waals surface area contributed by atoms with E-state index in [0.29, 0.717) is 12.1 Å². The average molecular weight is 275 g/mol. The zero-order valence-corrected chi connectivity index (χ0v) is 12.2. The van der Waals surface area contributed by atoms with Crippen LogP contribution in [0.5, 0.6) is 0 Å². The molecule has 0 aliphatic carbocycles. The Morgan fingerprint density at radius 1 is 1.42 bits per heavy atom. The van der Waals surface area contributed by atoms with Crippen LogP contribution >= 0.6 is 11.3 Å². The minimum Gasteiger partial charge on any atom is -0.376 e. The molecule has 3 heteroatoms. The number of benzene rings is 1. The molecule has 1 aromatic heterocycles. The summed E-state index contributed by atoms with van der Waals surface area (Å²) in [6.45, 7) is 4.18. The van der Waals surface area contributed by atoms with Crippen LogP contribution < -0.4 is 5.32 Å². The fourth-order valence-electron chi connectivity index (χ4n) is 2.85. The van der Waals surface area contributed by atoms with Crippen molar-refractivity contribution in [1.29, 1.82) is 0 Å². The predicted octanol–water partition coefficient (Wildman–Crippen LogP) is 4.12. The number of hydrogen-bond donors (Lipinski definition) is 1. The quantitative estimate of drug-likeness (QED) is 0.886. The van der Waals surface area contributed by atoms with Gasteiger partial charge in [-0.2, -0.15) is 0 Å². The van der Waals surface area contributed by atoms with Crippen molar-refractivity contribution in [1.82, 2.24) is 5.32 Å². The fraction of sp³-hybridized carbons (Fsp3) is 0.500. The fourth-order valence-corrected chi connectivity index (χ4v) is 3.84. The zero-order chi connectivity index (χ0) is 13.1. The van der Waals surface area contributed by atoms with Crippen molar-refractivity contribution < 1.29 is 4.74 Å². The molecule has 0 spiro atoms. The van der Waals surface area contributed by atoms with Gasteiger partial charge in [-0.05, 0) is 48.2 Å². The van der Waals surface area contributed by atoms with E-state index in [0.717, 1.165) is 19.6 Å². The van der Waals surface area contributed by atoms with E-state index in [4.69, 9.17) is 4.74 Å². The molecule has 0 bridgehead atoms. The molecule has 19 heavy (non-hydrogen) atoms. The minimum absolute atomic E-state index is 0.338. The third-order valence-electron chi connectivity index (χ3n) is 3.80. The van der Waals surface area contributed by atoms with Gasteiger partial charge in [0.25, 0.3) is 0 Å². The highest BCUT2D eigenvalue weighted by atomic mass is 32.1. The lowest BCUT2D eigenvalue weighted by atomic mass is 9.98. The summed E-state index contributed by atoms with van der Waals surface area (Å²) in [4.78, 5) is 0. The van der Waals surface area contributed by atoms with Gasteiger partial charge in [0.05, 0.1) is 12.1 Å². The SMILES string of the molecule is CCCNC(c1csc2ccccc12)C1CCCO1. The average Bonchev–Trinajstić information content (AvgIpc) is 3.09. The smallest absolute Gasteiger partial charge is 0.0771 e. The second-order valence-electron chi connectivity index (χ2n) is 5.17. The van der Waals surface area contributed by atoms with Gasteiger partial charge in [-0.15, -0.1) is 11.3 Å². The molecule has 1 aromatic carbocycles. The summed E-state index contributed by atoms with van der Waals surface area (Å²) in [5.74, 6) is 0. The molecule has 2 nitrogen and oxygen atoms in total. The Labute approximate surface area is 118 Å². The van der Waals surface area contributed by atoms with E-state index in [9.17, 15) is 0 Å². The lowest BCUT2D eigenvalue weighted by Crippen LogP contribution is -2.32. The van der Waals surface area contributed by atoms with Gasteiger partial charge in [-0.1, -0.05) is 25.1 Å². The third-order valence-corrected chi connectivity index (χ3v) is 4.78. The maximum atomic E-state index is 5.93. The van der Waals surface area contributed by atoms with E-state index in [2.05, 4.69) is 41.9 Å². The number of hydrogen-bond acceptors (Lipinski definition) is 3. The number of thiophene rings is 1. The molecule has 2 atom stereocenters. The number of rotatable bonds is 5. The van der Waals surface area contributed by atoms with E-state index >= 15 is 0 Å². The van der Waals surface area contributed by atoms with Crippen LogP contribution in [0.15, 0.2) is 29.6 Å². The Kier molecular flexibility index (Phi) is 4.16. The molecule has 102 valence electrons. The van der Waals surface area contributed by atoms with Crippen molar-refractivity contribution in [2.45, 2.75) is 38.3 Å². The van der Waals surface area contributed by atoms with Crippen LogP contribution in [-0.2, 0) is 4.74 Å². The van der Waals surface area contributed by atoms with Crippen LogP contribution in [-0.4, -0.2) is 19.3 Å². The number of nitrogens with one attached hydrogen (secondary N) is 1. The first-order chi connectivity index (χ1) is 9.40. The van der Waals surface area contributed by atoms with Crippen molar-refractivity contribution in [3.63, 3.8) is 0 Å². The Morgan fingerprint density at radius 2 is 2.32 bits per heavy atom. The molecule has 1 aliphatic rings. The summed E-state index contributed by atoms with van der Waals surface area (Å²) in [6, 6.07) is 9.03. The van der Waals surface area contributed by atoms with Gasteiger partial charge in [0.1, 0.15) is 0 Å². The predicted molar refractivity (Wildman–Crippen MR) is 81.8 cm³/mol. The van der Waals surface area contributed by atoms with Crippen LogP contribution in [0.3, 0.4) is 0 Å². The molecule has 1 saturated heterocycles. The van der Waals surface area contributed by atoms with Crippen molar-refractivity contribution >= 4 is 21.4 Å². The molecule has 0 amide bonds. The van der Waals surface area contributed by atoms with Crippen molar-refractivity contribution in [3.05, 3.63) is 35.2 Å². The van der Waals surface area contributed by atoms with Crippen LogP contribution in [0, 0.1) is 0 Å². The Balaban J connectivity index is 1.93. The Morgan fingerprint density at radius 3 is 3.11 bits per heavy atom. The summed E-state index contributed by atoms with van der Waals surface area (Å²) in [6.07, 6.45) is 3.86. The van der Waals surface area contributed by atoms with Gasteiger partial charge in [-0.3, -0.25) is 0 Å². The molecule has 0 radical (unpaired) electrons. The highest BCUT2D eigenvalue weighted by Crippen LogP contribution is 2.35. The lowest BCUT2D eigenvalue weighted by molar-refractivity contribution is 0.0788. The molecule has 2 unspecified atom stereocenters. The molecule has 3 rings (SSSR count). The Bertz CT molecular complexity index is 530. The van der Waals surface area contributed by atoms with Gasteiger partial charge < -0.3 is 10.1 Å². The minimum atomic E-state index is 0.338. The standard InChI is InChI=1S/C16H21NOS/c1-2-9-17-16(14-7-5-10-18-14)13-11-19-15-8-4-3-6-12(13)15/h3-4,6,8,11,14,16-17H,2,5,7,9-10H2,1H3. The molecular weight excluding hydrogens is 254 g/mol. The maximum absolute atomic E-state index is 5.93. The number of fused-ring (bicyclic) bond motifs is 1. The first-order valence-corrected chi connectivity index (χ1v) is 8.09. The molecule has 0 saturated carbocycles. The topological polar surface area (TPSA) is 21.3 Å². The summed E-state index contributed by atoms with van der Waals surface area (Å²) in [5.41, 5.74) is 1.42. The highest BCUT2D eigenvalue weighted by Gasteiger charge is 2.28. The molecule has 1 N–H and O–H groups in total. The molecule has 2 aromatic rings. The second-order valence-corrected chi connectivity index (χ2v) is 6.08. The van der Waals surface area contributed by atoms with Crippen LogP contribution in [0.25, 0.3) is 10.1 Å². The third kappa shape index (κ3) is 2.69. The van der Waals surface area contributed by atoms with Gasteiger partial charge in [0, 0.05) is 11.3 Å². The van der Waals surface area contributed by atoms with Crippen molar-refractivity contribution in [3.8, 4) is 0 Å². The molecule has 1 fully saturated rings. The maximum Gasteiger partial charge on any atom is 0.0771 e. The van der Waals surface area contributed by atoms with E-state index in [1.807, 2.05) is 11.3 Å². The molecular formula is C16H21NOS. The summed E-state index contributed by atoms with van der Waals surface area (Å²) < 4.78 is 7.30. The second kappa shape index (κ2) is 6.04. The van der Waals surface area contributed by atoms with E-state index < -0.39 is 0 Å². The molecule has 1 aliphatic heterocycles. The summed E-state index contributed by atoms with van der Waals surface area (Å²) >= 11 is 1.84. The summed E-state index contributed by atoms with van der Waals surface area (Å²) in [7, 11) is 0. The first-order valence-electron chi connectivity index (χ1n) is 7.21. The Hall–Kier alpha value is -0.900. The molecule has 2 heterocycles. The first kappa shape index (κ1) is 13.1. The monoisotopic (exact) mass is 275 g/mol. The van der Waals surface area contributed by atoms with Crippen LogP contribution in [0.1, 0.15) is 37.8 Å². The highest BCUT2D eigenvalue weighted by molar-refractivity contribution is 7.17. The summed E-state index contributed by atoms with van der Waals surface area (Å²) in [5, 5.41) is 7.38. The van der Waals surface area contributed by atoms with E-state index in [1.54, 1.807) is 0 Å². The lowest BCUT2D eigenvalue weighted by Gasteiger charge is -2.24. The van der Waals surface area contributed by atoms with E-state index in [-0.39, 0.29) is 0 Å². The van der Waals surface area contributed by atoms with Crippen molar-refractivity contribution in [2.75, 3.05) is 13.2 Å². The largest absolute Gasteiger partial charge is 0.376 e. The van der Waals surface area contributed by atoms with Crippen LogP contribution in [0.4, 0.5) is 0 Å². The van der Waals surface area contributed by atoms with Gasteiger partial charge in [0.15, 0.2) is 0 Å². The van der Waals surface area contributed by atoms with Gasteiger partial charge in [-0.25, -0.2) is 0 Å². The van der Waals surface area contributed by atoms with Gasteiger partial charge >= 0.3 is 0 Å².